The fraction of sp³-hybridized carbons (Fsp3) is 0.192. The first-order chi connectivity index (χ1) is 16.9. The summed E-state index contributed by atoms with van der Waals surface area (Å²) in [7, 11) is -3.47. The maximum Gasteiger partial charge on any atom is 0.236 e. The van der Waals surface area contributed by atoms with Gasteiger partial charge in [0.05, 0.1) is 16.2 Å². The average molecular weight is 572 g/mol. The lowest BCUT2D eigenvalue weighted by Crippen LogP contribution is -2.41. The van der Waals surface area contributed by atoms with Gasteiger partial charge in [-0.1, -0.05) is 60.1 Å². The molecule has 0 radical (unpaired) electrons. The second-order valence-electron chi connectivity index (χ2n) is 8.47. The van der Waals surface area contributed by atoms with Gasteiger partial charge in [-0.3, -0.25) is 0 Å². The van der Waals surface area contributed by atoms with Crippen LogP contribution in [0.1, 0.15) is 18.4 Å². The van der Waals surface area contributed by atoms with E-state index in [0.717, 1.165) is 32.5 Å². The molecule has 1 fully saturated rings. The molecule has 0 bridgehead atoms. The topological polar surface area (TPSA) is 66.7 Å². The largest absolute Gasteiger partial charge is 0.367 e. The van der Waals surface area contributed by atoms with Crippen molar-refractivity contribution in [2.45, 2.75) is 18.9 Å². The number of hydrogen-bond donors (Lipinski definition) is 1. The van der Waals surface area contributed by atoms with Gasteiger partial charge in [-0.15, -0.1) is 0 Å². The first-order valence-corrected chi connectivity index (χ1v) is 14.0. The van der Waals surface area contributed by atoms with Crippen LogP contribution in [0.15, 0.2) is 82.8 Å². The molecule has 6 nitrogen and oxygen atoms in total. The zero-order valence-corrected chi connectivity index (χ0v) is 22.0. The minimum Gasteiger partial charge on any atom is -0.367 e. The molecule has 4 aromatic rings. The van der Waals surface area contributed by atoms with Crippen molar-refractivity contribution in [1.29, 1.82) is 0 Å². The Labute approximate surface area is 218 Å². The second kappa shape index (κ2) is 10.1. The summed E-state index contributed by atoms with van der Waals surface area (Å²) < 4.78 is 29.9. The summed E-state index contributed by atoms with van der Waals surface area (Å²) in [5, 5.41) is 10.1. The lowest BCUT2D eigenvalue weighted by Gasteiger charge is -2.31. The number of halogens is 2. The minimum absolute atomic E-state index is 0.118. The molecule has 0 atom stereocenters. The van der Waals surface area contributed by atoms with Crippen LogP contribution in [0.3, 0.4) is 0 Å². The fourth-order valence-electron chi connectivity index (χ4n) is 4.29. The van der Waals surface area contributed by atoms with E-state index >= 15 is 0 Å². The Morgan fingerprint density at radius 3 is 2.49 bits per heavy atom. The number of nitrogens with zero attached hydrogens (tertiary/aromatic N) is 3. The predicted octanol–water partition coefficient (Wildman–Crippen LogP) is 6.29. The molecule has 3 heterocycles. The summed E-state index contributed by atoms with van der Waals surface area (Å²) in [5.74, 6) is 0.841. The highest BCUT2D eigenvalue weighted by Gasteiger charge is 2.27. The van der Waals surface area contributed by atoms with Gasteiger partial charge in [0.2, 0.25) is 10.0 Å². The Hall–Kier alpha value is -2.65. The number of piperidine rings is 1. The van der Waals surface area contributed by atoms with Crippen molar-refractivity contribution in [3.05, 3.63) is 93.4 Å². The third-order valence-electron chi connectivity index (χ3n) is 6.15. The summed E-state index contributed by atoms with van der Waals surface area (Å²) in [6.07, 6.45) is 4.80. The van der Waals surface area contributed by atoms with Crippen molar-refractivity contribution in [2.75, 3.05) is 18.4 Å². The van der Waals surface area contributed by atoms with E-state index in [1.807, 2.05) is 65.2 Å². The van der Waals surface area contributed by atoms with Crippen molar-refractivity contribution >= 4 is 55.0 Å². The number of pyridine rings is 1. The normalized spacial score (nSPS) is 15.7. The van der Waals surface area contributed by atoms with Gasteiger partial charge in [-0.25, -0.2) is 12.9 Å². The summed E-state index contributed by atoms with van der Waals surface area (Å²) in [6.45, 7) is 0.907. The van der Waals surface area contributed by atoms with Gasteiger partial charge in [-0.05, 0) is 64.2 Å². The average Bonchev–Trinajstić information content (AvgIpc) is 3.25. The van der Waals surface area contributed by atoms with Crippen molar-refractivity contribution in [2.24, 2.45) is 0 Å². The quantitative estimate of drug-likeness (QED) is 0.295. The first kappa shape index (κ1) is 24.1. The van der Waals surface area contributed by atoms with Crippen LogP contribution in [-0.2, 0) is 10.0 Å². The number of nitrogens with one attached hydrogen (secondary N) is 1. The van der Waals surface area contributed by atoms with Gasteiger partial charge in [0.1, 0.15) is 5.82 Å². The molecular weight excluding hydrogens is 548 g/mol. The van der Waals surface area contributed by atoms with Crippen LogP contribution in [0.5, 0.6) is 0 Å². The van der Waals surface area contributed by atoms with Gasteiger partial charge >= 0.3 is 0 Å². The zero-order chi connectivity index (χ0) is 24.4. The van der Waals surface area contributed by atoms with E-state index < -0.39 is 10.0 Å². The molecular formula is C26H24BrClN4O2S. The Morgan fingerprint density at radius 1 is 1.03 bits per heavy atom. The Bertz CT molecular complexity index is 1480. The van der Waals surface area contributed by atoms with E-state index in [1.54, 1.807) is 16.6 Å². The number of benzene rings is 2. The molecule has 35 heavy (non-hydrogen) atoms. The Kier molecular flexibility index (Phi) is 6.98. The van der Waals surface area contributed by atoms with Gasteiger partial charge in [0, 0.05) is 35.1 Å². The van der Waals surface area contributed by atoms with E-state index in [0.29, 0.717) is 31.0 Å². The third-order valence-corrected chi connectivity index (χ3v) is 8.66. The van der Waals surface area contributed by atoms with Crippen molar-refractivity contribution in [1.82, 2.24) is 13.9 Å². The number of aromatic nitrogens is 2. The van der Waals surface area contributed by atoms with E-state index in [2.05, 4.69) is 32.4 Å². The van der Waals surface area contributed by atoms with Gasteiger partial charge in [0.15, 0.2) is 0 Å². The first-order valence-electron chi connectivity index (χ1n) is 11.3. The number of rotatable bonds is 6. The fourth-order valence-corrected chi connectivity index (χ4v) is 6.13. The number of hydrogen-bond acceptors (Lipinski definition) is 4. The standard InChI is InChI=1S/C26H24BrClN4O2S/c27-23-18-29-32-25(23)16-20(22-8-4-5-9-24(22)28)17-26(32)30-21-10-13-31(14-11-21)35(33,34)15-12-19-6-2-1-3-7-19/h1-9,12,15-18,21,30H,10-11,13-14H2/b15-12+. The summed E-state index contributed by atoms with van der Waals surface area (Å²) in [5.41, 5.74) is 3.72. The molecule has 5 rings (SSSR count). The highest BCUT2D eigenvalue weighted by molar-refractivity contribution is 9.10. The number of sulfonamides is 1. The molecule has 1 saturated heterocycles. The Morgan fingerprint density at radius 2 is 1.74 bits per heavy atom. The van der Waals surface area contributed by atoms with Crippen LogP contribution in [0.25, 0.3) is 22.7 Å². The molecule has 1 aliphatic rings. The Balaban J connectivity index is 1.33. The molecule has 1 N–H and O–H groups in total. The van der Waals surface area contributed by atoms with E-state index in [-0.39, 0.29) is 6.04 Å². The summed E-state index contributed by atoms with van der Waals surface area (Å²) in [6, 6.07) is 21.4. The smallest absolute Gasteiger partial charge is 0.236 e. The maximum absolute atomic E-state index is 12.8. The molecule has 2 aromatic carbocycles. The van der Waals surface area contributed by atoms with Crippen LogP contribution in [0, 0.1) is 0 Å². The van der Waals surface area contributed by atoms with Crippen molar-refractivity contribution in [3.63, 3.8) is 0 Å². The molecule has 0 unspecified atom stereocenters. The van der Waals surface area contributed by atoms with Gasteiger partial charge < -0.3 is 5.32 Å². The van der Waals surface area contributed by atoms with Crippen molar-refractivity contribution in [3.8, 4) is 11.1 Å². The molecule has 1 aliphatic heterocycles. The monoisotopic (exact) mass is 570 g/mol. The molecule has 0 spiro atoms. The van der Waals surface area contributed by atoms with E-state index in [4.69, 9.17) is 11.6 Å². The van der Waals surface area contributed by atoms with E-state index in [1.165, 1.54) is 5.41 Å². The number of fused-ring (bicyclic) bond motifs is 1. The van der Waals surface area contributed by atoms with E-state index in [9.17, 15) is 8.42 Å². The van der Waals surface area contributed by atoms with Crippen LogP contribution in [0.4, 0.5) is 5.82 Å². The molecule has 0 aliphatic carbocycles. The van der Waals surface area contributed by atoms with Crippen LogP contribution in [0.2, 0.25) is 5.02 Å². The molecule has 0 amide bonds. The minimum atomic E-state index is -3.47. The number of anilines is 1. The molecule has 2 aromatic heterocycles. The lowest BCUT2D eigenvalue weighted by atomic mass is 10.0. The highest BCUT2D eigenvalue weighted by atomic mass is 79.9. The van der Waals surface area contributed by atoms with Gasteiger partial charge in [-0.2, -0.15) is 9.40 Å². The second-order valence-corrected chi connectivity index (χ2v) is 11.6. The maximum atomic E-state index is 12.8. The molecule has 0 saturated carbocycles. The van der Waals surface area contributed by atoms with Crippen molar-refractivity contribution < 1.29 is 8.42 Å². The molecule has 180 valence electrons. The summed E-state index contributed by atoms with van der Waals surface area (Å²) >= 11 is 10.1. The predicted molar refractivity (Wildman–Crippen MR) is 146 cm³/mol. The lowest BCUT2D eigenvalue weighted by molar-refractivity contribution is 0.332. The zero-order valence-electron chi connectivity index (χ0n) is 18.8. The van der Waals surface area contributed by atoms with Gasteiger partial charge in [0.25, 0.3) is 0 Å². The highest BCUT2D eigenvalue weighted by Crippen LogP contribution is 2.33. The SMILES string of the molecule is O=S(=O)(/C=C/c1ccccc1)N1CCC(Nc2cc(-c3ccccc3Cl)cc3c(Br)cnn23)CC1. The third kappa shape index (κ3) is 5.30. The summed E-state index contributed by atoms with van der Waals surface area (Å²) in [4.78, 5) is 0. The van der Waals surface area contributed by atoms with Crippen LogP contribution >= 0.6 is 27.5 Å². The molecule has 9 heteroatoms. The van der Waals surface area contributed by atoms with Crippen LogP contribution < -0.4 is 5.32 Å². The van der Waals surface area contributed by atoms with Crippen LogP contribution in [-0.4, -0.2) is 41.5 Å².